The first-order chi connectivity index (χ1) is 9.76. The summed E-state index contributed by atoms with van der Waals surface area (Å²) in [7, 11) is 1.64. The maximum absolute atomic E-state index is 12.0. The van der Waals surface area contributed by atoms with E-state index in [1.807, 2.05) is 30.3 Å². The lowest BCUT2D eigenvalue weighted by atomic mass is 10.1. The molecule has 2 aromatic rings. The predicted molar refractivity (Wildman–Crippen MR) is 76.7 cm³/mol. The zero-order valence-electron chi connectivity index (χ0n) is 11.3. The number of ether oxygens (including phenoxy) is 1. The Kier molecular flexibility index (Phi) is 3.37. The zero-order chi connectivity index (χ0) is 13.9. The molecule has 1 N–H and O–H groups in total. The highest BCUT2D eigenvalue weighted by atomic mass is 16.5. The van der Waals surface area contributed by atoms with Crippen LogP contribution in [0.1, 0.15) is 23.2 Å². The van der Waals surface area contributed by atoms with Crippen LogP contribution < -0.4 is 10.1 Å². The average molecular weight is 268 g/mol. The predicted octanol–water partition coefficient (Wildman–Crippen LogP) is 2.65. The Morgan fingerprint density at radius 2 is 2.00 bits per heavy atom. The van der Waals surface area contributed by atoms with Gasteiger partial charge >= 0.3 is 0 Å². The number of nitrogens with zero attached hydrogens (tertiary/aromatic N) is 1. The minimum absolute atomic E-state index is 0.0235. The lowest BCUT2D eigenvalue weighted by Gasteiger charge is -2.06. The first-order valence-electron chi connectivity index (χ1n) is 6.67. The summed E-state index contributed by atoms with van der Waals surface area (Å²) in [6.07, 6.45) is 3.84. The molecule has 1 heterocycles. The second-order valence-electron chi connectivity index (χ2n) is 4.91. The van der Waals surface area contributed by atoms with Gasteiger partial charge in [-0.1, -0.05) is 0 Å². The van der Waals surface area contributed by atoms with Gasteiger partial charge in [0.25, 0.3) is 5.91 Å². The molecule has 0 bridgehead atoms. The summed E-state index contributed by atoms with van der Waals surface area (Å²) < 4.78 is 5.13. The van der Waals surface area contributed by atoms with E-state index in [1.165, 1.54) is 0 Å². The van der Waals surface area contributed by atoms with Crippen molar-refractivity contribution in [2.45, 2.75) is 18.9 Å². The van der Waals surface area contributed by atoms with Crippen LogP contribution in [0, 0.1) is 0 Å². The molecule has 20 heavy (non-hydrogen) atoms. The lowest BCUT2D eigenvalue weighted by Crippen LogP contribution is -2.25. The number of nitrogens with one attached hydrogen (secondary N) is 1. The van der Waals surface area contributed by atoms with E-state index in [0.717, 1.165) is 29.8 Å². The Morgan fingerprint density at radius 3 is 2.65 bits per heavy atom. The van der Waals surface area contributed by atoms with Crippen molar-refractivity contribution in [3.8, 4) is 17.0 Å². The van der Waals surface area contributed by atoms with Gasteiger partial charge in [-0.15, -0.1) is 0 Å². The number of aromatic nitrogens is 1. The molecule has 1 aromatic heterocycles. The van der Waals surface area contributed by atoms with Crippen molar-refractivity contribution in [1.82, 2.24) is 10.3 Å². The zero-order valence-corrected chi connectivity index (χ0v) is 11.3. The Morgan fingerprint density at radius 1 is 1.25 bits per heavy atom. The first kappa shape index (κ1) is 12.7. The van der Waals surface area contributed by atoms with Gasteiger partial charge in [0.1, 0.15) is 5.75 Å². The molecule has 1 amide bonds. The summed E-state index contributed by atoms with van der Waals surface area (Å²) in [5.41, 5.74) is 2.40. The van der Waals surface area contributed by atoms with Crippen molar-refractivity contribution >= 4 is 5.91 Å². The molecule has 0 unspecified atom stereocenters. The molecular weight excluding hydrogens is 252 g/mol. The highest BCUT2D eigenvalue weighted by Crippen LogP contribution is 2.22. The van der Waals surface area contributed by atoms with E-state index in [-0.39, 0.29) is 5.91 Å². The monoisotopic (exact) mass is 268 g/mol. The van der Waals surface area contributed by atoms with Gasteiger partial charge in [0, 0.05) is 23.4 Å². The maximum Gasteiger partial charge on any atom is 0.251 e. The van der Waals surface area contributed by atoms with Gasteiger partial charge in [0.05, 0.1) is 12.8 Å². The number of carbonyl (C=O) groups excluding carboxylic acids is 1. The number of pyridine rings is 1. The third-order valence-corrected chi connectivity index (χ3v) is 3.32. The second kappa shape index (κ2) is 5.33. The van der Waals surface area contributed by atoms with E-state index in [0.29, 0.717) is 11.6 Å². The third kappa shape index (κ3) is 2.79. The van der Waals surface area contributed by atoms with Crippen molar-refractivity contribution in [3.63, 3.8) is 0 Å². The number of carbonyl (C=O) groups is 1. The standard InChI is InChI=1S/C16H16N2O2/c1-20-14-6-2-11(3-7-14)15-10-12(8-9-17-15)16(19)18-13-4-5-13/h2-3,6-10,13H,4-5H2,1H3,(H,18,19). The number of hydrogen-bond donors (Lipinski definition) is 1. The third-order valence-electron chi connectivity index (χ3n) is 3.32. The van der Waals surface area contributed by atoms with Crippen LogP contribution in [-0.2, 0) is 0 Å². The summed E-state index contributed by atoms with van der Waals surface area (Å²) in [5, 5.41) is 2.98. The van der Waals surface area contributed by atoms with Crippen LogP contribution in [0.2, 0.25) is 0 Å². The molecule has 102 valence electrons. The van der Waals surface area contributed by atoms with Gasteiger partial charge in [0.15, 0.2) is 0 Å². The summed E-state index contributed by atoms with van der Waals surface area (Å²) in [6.45, 7) is 0. The van der Waals surface area contributed by atoms with Crippen LogP contribution in [0.3, 0.4) is 0 Å². The quantitative estimate of drug-likeness (QED) is 0.927. The van der Waals surface area contributed by atoms with E-state index < -0.39 is 0 Å². The average Bonchev–Trinajstić information content (AvgIpc) is 3.31. The van der Waals surface area contributed by atoms with Crippen molar-refractivity contribution in [1.29, 1.82) is 0 Å². The van der Waals surface area contributed by atoms with E-state index in [2.05, 4.69) is 10.3 Å². The van der Waals surface area contributed by atoms with Gasteiger partial charge in [0.2, 0.25) is 0 Å². The van der Waals surface area contributed by atoms with Crippen LogP contribution in [0.4, 0.5) is 0 Å². The number of rotatable bonds is 4. The van der Waals surface area contributed by atoms with E-state index in [4.69, 9.17) is 4.74 Å². The molecule has 0 saturated heterocycles. The molecule has 0 radical (unpaired) electrons. The Balaban J connectivity index is 1.83. The topological polar surface area (TPSA) is 51.2 Å². The number of methoxy groups -OCH3 is 1. The fourth-order valence-electron chi connectivity index (χ4n) is 1.99. The van der Waals surface area contributed by atoms with Crippen molar-refractivity contribution < 1.29 is 9.53 Å². The van der Waals surface area contributed by atoms with Crippen molar-refractivity contribution in [2.24, 2.45) is 0 Å². The molecule has 0 atom stereocenters. The number of hydrogen-bond acceptors (Lipinski definition) is 3. The summed E-state index contributed by atoms with van der Waals surface area (Å²) >= 11 is 0. The van der Waals surface area contributed by atoms with Gasteiger partial charge in [-0.3, -0.25) is 9.78 Å². The van der Waals surface area contributed by atoms with Crippen LogP contribution in [0.5, 0.6) is 5.75 Å². The van der Waals surface area contributed by atoms with Crippen LogP contribution in [-0.4, -0.2) is 24.0 Å². The molecule has 1 aliphatic carbocycles. The Bertz CT molecular complexity index is 619. The van der Waals surface area contributed by atoms with Crippen LogP contribution >= 0.6 is 0 Å². The molecule has 4 heteroatoms. The van der Waals surface area contributed by atoms with Gasteiger partial charge in [-0.2, -0.15) is 0 Å². The maximum atomic E-state index is 12.0. The molecule has 1 saturated carbocycles. The van der Waals surface area contributed by atoms with Crippen molar-refractivity contribution in [2.75, 3.05) is 7.11 Å². The lowest BCUT2D eigenvalue weighted by molar-refractivity contribution is 0.0951. The van der Waals surface area contributed by atoms with E-state index in [1.54, 1.807) is 19.4 Å². The van der Waals surface area contributed by atoms with Gasteiger partial charge < -0.3 is 10.1 Å². The van der Waals surface area contributed by atoms with E-state index in [9.17, 15) is 4.79 Å². The second-order valence-corrected chi connectivity index (χ2v) is 4.91. The highest BCUT2D eigenvalue weighted by molar-refractivity contribution is 5.95. The Hall–Kier alpha value is -2.36. The van der Waals surface area contributed by atoms with Crippen LogP contribution in [0.15, 0.2) is 42.6 Å². The molecule has 1 aromatic carbocycles. The minimum Gasteiger partial charge on any atom is -0.497 e. The van der Waals surface area contributed by atoms with Gasteiger partial charge in [-0.25, -0.2) is 0 Å². The molecule has 3 rings (SSSR count). The molecule has 4 nitrogen and oxygen atoms in total. The number of benzene rings is 1. The summed E-state index contributed by atoms with van der Waals surface area (Å²) in [4.78, 5) is 16.3. The number of amides is 1. The smallest absolute Gasteiger partial charge is 0.251 e. The molecule has 1 aliphatic rings. The largest absolute Gasteiger partial charge is 0.497 e. The normalized spacial score (nSPS) is 13.8. The fourth-order valence-corrected chi connectivity index (χ4v) is 1.99. The highest BCUT2D eigenvalue weighted by Gasteiger charge is 2.23. The SMILES string of the molecule is COc1ccc(-c2cc(C(=O)NC3CC3)ccn2)cc1. The summed E-state index contributed by atoms with van der Waals surface area (Å²) in [5.74, 6) is 0.779. The Labute approximate surface area is 117 Å². The fraction of sp³-hybridized carbons (Fsp3) is 0.250. The molecule has 0 aliphatic heterocycles. The minimum atomic E-state index is -0.0235. The first-order valence-corrected chi connectivity index (χ1v) is 6.67. The van der Waals surface area contributed by atoms with Gasteiger partial charge in [-0.05, 0) is 49.2 Å². The molecule has 1 fully saturated rings. The molecule has 0 spiro atoms. The van der Waals surface area contributed by atoms with Crippen molar-refractivity contribution in [3.05, 3.63) is 48.2 Å². The summed E-state index contributed by atoms with van der Waals surface area (Å²) in [6, 6.07) is 11.6. The van der Waals surface area contributed by atoms with Crippen LogP contribution in [0.25, 0.3) is 11.3 Å². The molecular formula is C16H16N2O2. The van der Waals surface area contributed by atoms with E-state index >= 15 is 0 Å².